The molecule has 0 saturated carbocycles. The van der Waals surface area contributed by atoms with Gasteiger partial charge in [0.25, 0.3) is 0 Å². The molecule has 3 heteroatoms. The average molecular weight is 246 g/mol. The Labute approximate surface area is 110 Å². The summed E-state index contributed by atoms with van der Waals surface area (Å²) in [7, 11) is 1.73. The van der Waals surface area contributed by atoms with Crippen LogP contribution in [-0.2, 0) is 0 Å². The van der Waals surface area contributed by atoms with Crippen molar-refractivity contribution in [3.63, 3.8) is 0 Å². The molecule has 0 bridgehead atoms. The van der Waals surface area contributed by atoms with Gasteiger partial charge in [-0.05, 0) is 19.1 Å². The van der Waals surface area contributed by atoms with Gasteiger partial charge in [0.15, 0.2) is 0 Å². The fourth-order valence-electron chi connectivity index (χ4n) is 2.42. The Kier molecular flexibility index (Phi) is 4.26. The number of hydrogen-bond donors (Lipinski definition) is 0. The first-order chi connectivity index (χ1) is 8.70. The van der Waals surface area contributed by atoms with Crippen LogP contribution in [0.5, 0.6) is 5.75 Å². The minimum Gasteiger partial charge on any atom is -0.495 e. The largest absolute Gasteiger partial charge is 0.495 e. The van der Waals surface area contributed by atoms with Gasteiger partial charge in [0.05, 0.1) is 12.8 Å². The molecule has 0 aromatic heterocycles. The Morgan fingerprint density at radius 3 is 2.50 bits per heavy atom. The number of anilines is 1. The van der Waals surface area contributed by atoms with E-state index in [1.54, 1.807) is 7.11 Å². The van der Waals surface area contributed by atoms with Crippen LogP contribution in [0.2, 0.25) is 0 Å². The Balaban J connectivity index is 1.99. The van der Waals surface area contributed by atoms with E-state index in [1.807, 2.05) is 12.1 Å². The minimum atomic E-state index is 0.964. The van der Waals surface area contributed by atoms with Crippen molar-refractivity contribution in [2.75, 3.05) is 44.7 Å². The molecule has 0 amide bonds. The van der Waals surface area contributed by atoms with Gasteiger partial charge in [-0.3, -0.25) is 4.90 Å². The van der Waals surface area contributed by atoms with E-state index in [2.05, 4.69) is 35.4 Å². The van der Waals surface area contributed by atoms with Crippen LogP contribution in [-0.4, -0.2) is 44.7 Å². The fourth-order valence-corrected chi connectivity index (χ4v) is 2.42. The molecule has 98 valence electrons. The molecule has 0 atom stereocenters. The van der Waals surface area contributed by atoms with Crippen LogP contribution in [0.15, 0.2) is 36.4 Å². The zero-order chi connectivity index (χ0) is 13.0. The molecule has 0 unspecified atom stereocenters. The van der Waals surface area contributed by atoms with Crippen molar-refractivity contribution in [1.82, 2.24) is 4.90 Å². The lowest BCUT2D eigenvalue weighted by molar-refractivity contribution is 0.277. The van der Waals surface area contributed by atoms with Crippen LogP contribution < -0.4 is 9.64 Å². The summed E-state index contributed by atoms with van der Waals surface area (Å²) in [6.45, 7) is 11.4. The van der Waals surface area contributed by atoms with Gasteiger partial charge in [0.1, 0.15) is 5.75 Å². The molecule has 1 aromatic carbocycles. The smallest absolute Gasteiger partial charge is 0.142 e. The van der Waals surface area contributed by atoms with Gasteiger partial charge in [-0.25, -0.2) is 0 Å². The lowest BCUT2D eigenvalue weighted by Gasteiger charge is -2.36. The van der Waals surface area contributed by atoms with Crippen molar-refractivity contribution in [3.05, 3.63) is 36.4 Å². The number of nitrogens with zero attached hydrogens (tertiary/aromatic N) is 2. The maximum Gasteiger partial charge on any atom is 0.142 e. The van der Waals surface area contributed by atoms with Gasteiger partial charge in [-0.15, -0.1) is 0 Å². The second kappa shape index (κ2) is 5.91. The number of piperazine rings is 1. The monoisotopic (exact) mass is 246 g/mol. The van der Waals surface area contributed by atoms with Crippen molar-refractivity contribution in [2.24, 2.45) is 0 Å². The first-order valence-electron chi connectivity index (χ1n) is 6.45. The maximum atomic E-state index is 5.42. The third-order valence-electron chi connectivity index (χ3n) is 3.29. The second-order valence-corrected chi connectivity index (χ2v) is 4.89. The Bertz CT molecular complexity index is 409. The minimum absolute atomic E-state index is 0.964. The molecule has 1 saturated heterocycles. The van der Waals surface area contributed by atoms with E-state index in [1.165, 1.54) is 11.3 Å². The van der Waals surface area contributed by atoms with Crippen molar-refractivity contribution in [3.8, 4) is 5.75 Å². The molecule has 3 nitrogen and oxygen atoms in total. The van der Waals surface area contributed by atoms with E-state index in [9.17, 15) is 0 Å². The second-order valence-electron chi connectivity index (χ2n) is 4.89. The molecule has 0 aliphatic carbocycles. The highest BCUT2D eigenvalue weighted by atomic mass is 16.5. The quantitative estimate of drug-likeness (QED) is 0.759. The molecule has 2 rings (SSSR count). The first kappa shape index (κ1) is 13.0. The Hall–Kier alpha value is -1.48. The van der Waals surface area contributed by atoms with E-state index in [0.29, 0.717) is 0 Å². The van der Waals surface area contributed by atoms with E-state index >= 15 is 0 Å². The van der Waals surface area contributed by atoms with Crippen LogP contribution in [0, 0.1) is 0 Å². The third-order valence-corrected chi connectivity index (χ3v) is 3.29. The van der Waals surface area contributed by atoms with Crippen LogP contribution >= 0.6 is 0 Å². The summed E-state index contributed by atoms with van der Waals surface area (Å²) in [6, 6.07) is 8.24. The van der Waals surface area contributed by atoms with Crippen LogP contribution in [0.1, 0.15) is 6.92 Å². The predicted molar refractivity (Wildman–Crippen MR) is 76.5 cm³/mol. The highest BCUT2D eigenvalue weighted by Gasteiger charge is 2.18. The standard InChI is InChI=1S/C15H22N2O/c1-13(2)12-16-8-10-17(11-9-16)14-6-4-5-7-15(14)18-3/h4-7H,1,8-12H2,2-3H3. The van der Waals surface area contributed by atoms with E-state index < -0.39 is 0 Å². The number of methoxy groups -OCH3 is 1. The topological polar surface area (TPSA) is 15.7 Å². The maximum absolute atomic E-state index is 5.42. The molecule has 1 heterocycles. The molecule has 1 aliphatic rings. The van der Waals surface area contributed by atoms with E-state index in [4.69, 9.17) is 4.74 Å². The van der Waals surface area contributed by atoms with Crippen molar-refractivity contribution in [1.29, 1.82) is 0 Å². The van der Waals surface area contributed by atoms with E-state index in [-0.39, 0.29) is 0 Å². The van der Waals surface area contributed by atoms with Gasteiger partial charge < -0.3 is 9.64 Å². The van der Waals surface area contributed by atoms with Crippen LogP contribution in [0.4, 0.5) is 5.69 Å². The van der Waals surface area contributed by atoms with Gasteiger partial charge in [0.2, 0.25) is 0 Å². The first-order valence-corrected chi connectivity index (χ1v) is 6.45. The molecule has 0 spiro atoms. The zero-order valence-electron chi connectivity index (χ0n) is 11.4. The Morgan fingerprint density at radius 2 is 1.89 bits per heavy atom. The Morgan fingerprint density at radius 1 is 1.22 bits per heavy atom. The number of benzene rings is 1. The number of para-hydroxylation sites is 2. The van der Waals surface area contributed by atoms with Crippen LogP contribution in [0.3, 0.4) is 0 Å². The predicted octanol–water partition coefficient (Wildman–Crippen LogP) is 2.39. The molecule has 1 fully saturated rings. The molecule has 18 heavy (non-hydrogen) atoms. The molecule has 0 radical (unpaired) electrons. The number of rotatable bonds is 4. The zero-order valence-corrected chi connectivity index (χ0v) is 11.4. The van der Waals surface area contributed by atoms with Gasteiger partial charge >= 0.3 is 0 Å². The van der Waals surface area contributed by atoms with E-state index in [0.717, 1.165) is 38.5 Å². The molecule has 1 aromatic rings. The summed E-state index contributed by atoms with van der Waals surface area (Å²) in [6.07, 6.45) is 0. The summed E-state index contributed by atoms with van der Waals surface area (Å²) in [5.41, 5.74) is 2.44. The number of ether oxygens (including phenoxy) is 1. The summed E-state index contributed by atoms with van der Waals surface area (Å²) < 4.78 is 5.42. The third kappa shape index (κ3) is 3.05. The van der Waals surface area contributed by atoms with Crippen molar-refractivity contribution < 1.29 is 4.74 Å². The van der Waals surface area contributed by atoms with Gasteiger partial charge in [-0.2, -0.15) is 0 Å². The van der Waals surface area contributed by atoms with Gasteiger partial charge in [-0.1, -0.05) is 24.3 Å². The fraction of sp³-hybridized carbons (Fsp3) is 0.467. The lowest BCUT2D eigenvalue weighted by atomic mass is 10.2. The van der Waals surface area contributed by atoms with Crippen molar-refractivity contribution in [2.45, 2.75) is 6.92 Å². The molecule has 1 aliphatic heterocycles. The summed E-state index contributed by atoms with van der Waals surface area (Å²) in [5, 5.41) is 0. The lowest BCUT2D eigenvalue weighted by Crippen LogP contribution is -2.46. The highest BCUT2D eigenvalue weighted by Crippen LogP contribution is 2.28. The highest BCUT2D eigenvalue weighted by molar-refractivity contribution is 5.58. The summed E-state index contributed by atoms with van der Waals surface area (Å²) in [4.78, 5) is 4.85. The van der Waals surface area contributed by atoms with Gasteiger partial charge in [0, 0.05) is 32.7 Å². The SMILES string of the molecule is C=C(C)CN1CCN(c2ccccc2OC)CC1. The molecular weight excluding hydrogens is 224 g/mol. The summed E-state index contributed by atoms with van der Waals surface area (Å²) in [5.74, 6) is 0.964. The van der Waals surface area contributed by atoms with Crippen molar-refractivity contribution >= 4 is 5.69 Å². The normalized spacial score (nSPS) is 16.7. The molecule has 0 N–H and O–H groups in total. The summed E-state index contributed by atoms with van der Waals surface area (Å²) >= 11 is 0. The number of hydrogen-bond acceptors (Lipinski definition) is 3. The van der Waals surface area contributed by atoms with Crippen LogP contribution in [0.25, 0.3) is 0 Å². The molecular formula is C15H22N2O. The average Bonchev–Trinajstić information content (AvgIpc) is 2.39.